The molecule has 0 spiro atoms. The number of hydrogen-bond acceptors (Lipinski definition) is 5. The van der Waals surface area contributed by atoms with Gasteiger partial charge in [0, 0.05) is 24.9 Å². The van der Waals surface area contributed by atoms with Gasteiger partial charge >= 0.3 is 0 Å². The van der Waals surface area contributed by atoms with Gasteiger partial charge in [-0.15, -0.1) is 0 Å². The lowest BCUT2D eigenvalue weighted by atomic mass is 9.90. The zero-order chi connectivity index (χ0) is 25.1. The van der Waals surface area contributed by atoms with Crippen molar-refractivity contribution in [1.29, 1.82) is 0 Å². The molecule has 1 saturated heterocycles. The van der Waals surface area contributed by atoms with Gasteiger partial charge in [0.2, 0.25) is 5.91 Å². The first-order valence-electron chi connectivity index (χ1n) is 12.3. The van der Waals surface area contributed by atoms with E-state index in [-0.39, 0.29) is 30.6 Å². The average Bonchev–Trinajstić information content (AvgIpc) is 3.32. The molecule has 1 fully saturated rings. The van der Waals surface area contributed by atoms with Crippen molar-refractivity contribution >= 4 is 16.9 Å². The van der Waals surface area contributed by atoms with Crippen LogP contribution in [-0.2, 0) is 34.0 Å². The lowest BCUT2D eigenvalue weighted by Gasteiger charge is -2.41. The minimum Gasteiger partial charge on any atom is -0.392 e. The highest BCUT2D eigenvalue weighted by molar-refractivity contribution is 5.75. The second-order valence-corrected chi connectivity index (χ2v) is 9.36. The first kappa shape index (κ1) is 24.2. The number of hydrogen-bond donors (Lipinski definition) is 2. The highest BCUT2D eigenvalue weighted by Gasteiger charge is 2.38. The maximum atomic E-state index is 11.3. The van der Waals surface area contributed by atoms with Crippen LogP contribution in [0.15, 0.2) is 79.1 Å². The average molecular weight is 486 g/mol. The number of benzene rings is 3. The predicted molar refractivity (Wildman–Crippen MR) is 137 cm³/mol. The minimum atomic E-state index is -0.543. The van der Waals surface area contributed by atoms with Crippen LogP contribution in [0.25, 0.3) is 11.0 Å². The van der Waals surface area contributed by atoms with Crippen molar-refractivity contribution in [2.75, 3.05) is 0 Å². The fourth-order valence-electron chi connectivity index (χ4n) is 4.70. The molecule has 186 valence electrons. The fourth-order valence-corrected chi connectivity index (χ4v) is 4.70. The standard InChI is InChI=1S/C29H31N3O4/c1-19-27(16-32-18-31-25-5-3-4-6-26(25)32)35-29(24-13-7-21(8-14-24)15-30-20(2)34)36-28(19)23-11-9-22(17-33)10-12-23/h3-14,18-19,27-29,33H,15-17H2,1-2H3,(H,30,34)/t19-,27+,28+,29+/m1/s1. The lowest BCUT2D eigenvalue weighted by Crippen LogP contribution is -2.39. The van der Waals surface area contributed by atoms with E-state index in [0.717, 1.165) is 33.3 Å². The van der Waals surface area contributed by atoms with Gasteiger partial charge in [-0.25, -0.2) is 4.98 Å². The Balaban J connectivity index is 1.43. The number of ether oxygens (including phenoxy) is 2. The molecule has 7 nitrogen and oxygen atoms in total. The summed E-state index contributed by atoms with van der Waals surface area (Å²) < 4.78 is 15.2. The molecule has 4 atom stereocenters. The van der Waals surface area contributed by atoms with Crippen LogP contribution in [0.2, 0.25) is 0 Å². The number of carbonyl (C=O) groups excluding carboxylic acids is 1. The molecule has 0 unspecified atom stereocenters. The number of aromatic nitrogens is 2. The van der Waals surface area contributed by atoms with Gasteiger partial charge in [0.05, 0.1) is 42.7 Å². The van der Waals surface area contributed by atoms with Gasteiger partial charge in [0.25, 0.3) is 0 Å². The second-order valence-electron chi connectivity index (χ2n) is 9.36. The maximum Gasteiger partial charge on any atom is 0.217 e. The van der Waals surface area contributed by atoms with Gasteiger partial charge < -0.3 is 24.5 Å². The van der Waals surface area contributed by atoms with Crippen LogP contribution < -0.4 is 5.32 Å². The van der Waals surface area contributed by atoms with Crippen molar-refractivity contribution in [3.63, 3.8) is 0 Å². The van der Waals surface area contributed by atoms with Crippen molar-refractivity contribution in [2.24, 2.45) is 5.92 Å². The van der Waals surface area contributed by atoms with E-state index in [1.807, 2.05) is 73.1 Å². The molecule has 1 amide bonds. The monoisotopic (exact) mass is 485 g/mol. The molecule has 1 aliphatic heterocycles. The van der Waals surface area contributed by atoms with Crippen LogP contribution >= 0.6 is 0 Å². The summed E-state index contributed by atoms with van der Waals surface area (Å²) in [6.45, 7) is 4.80. The lowest BCUT2D eigenvalue weighted by molar-refractivity contribution is -0.276. The molecule has 0 bridgehead atoms. The molecule has 36 heavy (non-hydrogen) atoms. The first-order valence-corrected chi connectivity index (χ1v) is 12.3. The third kappa shape index (κ3) is 5.18. The van der Waals surface area contributed by atoms with E-state index in [4.69, 9.17) is 9.47 Å². The van der Waals surface area contributed by atoms with Crippen LogP contribution in [0, 0.1) is 5.92 Å². The van der Waals surface area contributed by atoms with E-state index >= 15 is 0 Å². The topological polar surface area (TPSA) is 85.6 Å². The number of aliphatic hydroxyl groups is 1. The van der Waals surface area contributed by atoms with E-state index < -0.39 is 6.29 Å². The van der Waals surface area contributed by atoms with E-state index in [0.29, 0.717) is 13.1 Å². The zero-order valence-corrected chi connectivity index (χ0v) is 20.5. The maximum absolute atomic E-state index is 11.3. The molecule has 0 aliphatic carbocycles. The zero-order valence-electron chi connectivity index (χ0n) is 20.5. The molecule has 2 heterocycles. The van der Waals surface area contributed by atoms with E-state index in [2.05, 4.69) is 27.9 Å². The van der Waals surface area contributed by atoms with E-state index in [1.165, 1.54) is 6.92 Å². The van der Waals surface area contributed by atoms with Crippen LogP contribution in [-0.4, -0.2) is 26.7 Å². The number of amides is 1. The van der Waals surface area contributed by atoms with E-state index in [1.54, 1.807) is 0 Å². The molecule has 0 radical (unpaired) electrons. The number of aliphatic hydroxyl groups excluding tert-OH is 1. The number of imidazole rings is 1. The summed E-state index contributed by atoms with van der Waals surface area (Å²) in [5, 5.41) is 12.3. The van der Waals surface area contributed by atoms with Gasteiger partial charge in [-0.3, -0.25) is 4.79 Å². The molecular weight excluding hydrogens is 454 g/mol. The Hall–Kier alpha value is -3.52. The highest BCUT2D eigenvalue weighted by atomic mass is 16.7. The molecule has 4 aromatic rings. The fraction of sp³-hybridized carbons (Fsp3) is 0.310. The normalized spacial score (nSPS) is 22.0. The Bertz CT molecular complexity index is 1320. The number of nitrogens with zero attached hydrogens (tertiary/aromatic N) is 2. The SMILES string of the molecule is CC(=O)NCc1ccc([C@H]2O[C@@H](Cn3cnc4ccccc43)[C@@H](C)[C@@H](c3ccc(CO)cc3)O2)cc1. The Morgan fingerprint density at radius 2 is 1.67 bits per heavy atom. The summed E-state index contributed by atoms with van der Waals surface area (Å²) in [7, 11) is 0. The molecule has 2 N–H and O–H groups in total. The summed E-state index contributed by atoms with van der Waals surface area (Å²) in [4.78, 5) is 15.8. The van der Waals surface area contributed by atoms with Crippen LogP contribution in [0.4, 0.5) is 0 Å². The minimum absolute atomic E-state index is 0.00819. The summed E-state index contributed by atoms with van der Waals surface area (Å²) in [5.74, 6) is 0.0124. The first-order chi connectivity index (χ1) is 17.5. The molecule has 7 heteroatoms. The number of carbonyl (C=O) groups is 1. The summed E-state index contributed by atoms with van der Waals surface area (Å²) >= 11 is 0. The van der Waals surface area contributed by atoms with Crippen molar-refractivity contribution in [1.82, 2.24) is 14.9 Å². The van der Waals surface area contributed by atoms with Gasteiger partial charge in [-0.2, -0.15) is 0 Å². The van der Waals surface area contributed by atoms with Crippen LogP contribution in [0.1, 0.15) is 48.5 Å². The quantitative estimate of drug-likeness (QED) is 0.398. The Morgan fingerprint density at radius 1 is 0.972 bits per heavy atom. The van der Waals surface area contributed by atoms with Gasteiger partial charge in [-0.05, 0) is 28.8 Å². The highest BCUT2D eigenvalue weighted by Crippen LogP contribution is 2.42. The largest absolute Gasteiger partial charge is 0.392 e. The molecule has 1 aromatic heterocycles. The Labute approximate surface area is 210 Å². The van der Waals surface area contributed by atoms with Gasteiger partial charge in [0.15, 0.2) is 6.29 Å². The van der Waals surface area contributed by atoms with Crippen LogP contribution in [0.3, 0.4) is 0 Å². The second kappa shape index (κ2) is 10.6. The van der Waals surface area contributed by atoms with Gasteiger partial charge in [0.1, 0.15) is 0 Å². The third-order valence-corrected chi connectivity index (χ3v) is 6.82. The smallest absolute Gasteiger partial charge is 0.217 e. The molecule has 3 aromatic carbocycles. The molecule has 0 saturated carbocycles. The third-order valence-electron chi connectivity index (χ3n) is 6.82. The predicted octanol–water partition coefficient (Wildman–Crippen LogP) is 4.66. The molecular formula is C29H31N3O4. The van der Waals surface area contributed by atoms with Crippen molar-refractivity contribution in [3.05, 3.63) is 101 Å². The number of fused-ring (bicyclic) bond motifs is 1. The van der Waals surface area contributed by atoms with Crippen molar-refractivity contribution in [3.8, 4) is 0 Å². The number of rotatable bonds is 7. The summed E-state index contributed by atoms with van der Waals surface area (Å²) in [6.07, 6.45) is 1.02. The van der Waals surface area contributed by atoms with E-state index in [9.17, 15) is 9.90 Å². The summed E-state index contributed by atoms with van der Waals surface area (Å²) in [5.41, 5.74) is 5.88. The number of para-hydroxylation sites is 2. The van der Waals surface area contributed by atoms with Gasteiger partial charge in [-0.1, -0.05) is 67.6 Å². The summed E-state index contributed by atoms with van der Waals surface area (Å²) in [6, 6.07) is 24.0. The Morgan fingerprint density at radius 3 is 2.39 bits per heavy atom. The molecule has 1 aliphatic rings. The van der Waals surface area contributed by atoms with Crippen LogP contribution in [0.5, 0.6) is 0 Å². The van der Waals surface area contributed by atoms with Crippen molar-refractivity contribution in [2.45, 2.75) is 52.0 Å². The molecule has 5 rings (SSSR count). The Kier molecular flexibility index (Phi) is 7.13. The van der Waals surface area contributed by atoms with Crippen molar-refractivity contribution < 1.29 is 19.4 Å². The number of nitrogens with one attached hydrogen (secondary N) is 1.